The van der Waals surface area contributed by atoms with E-state index in [1.54, 1.807) is 0 Å². The van der Waals surface area contributed by atoms with Crippen molar-refractivity contribution in [1.29, 1.82) is 0 Å². The first-order valence-corrected chi connectivity index (χ1v) is 4.96. The minimum Gasteiger partial charge on any atom is -0.244 e. The molecule has 1 rings (SSSR count). The number of hydrogen-bond donors (Lipinski definition) is 0. The summed E-state index contributed by atoms with van der Waals surface area (Å²) < 4.78 is 13.7. The summed E-state index contributed by atoms with van der Waals surface area (Å²) in [5.74, 6) is 0. The van der Waals surface area contributed by atoms with Crippen LogP contribution in [0.15, 0.2) is 0 Å². The van der Waals surface area contributed by atoms with Crippen LogP contribution in [0, 0.1) is 0 Å². The monoisotopic (exact) mass is 158 g/mol. The highest BCUT2D eigenvalue weighted by atomic mass is 19.1. The van der Waals surface area contributed by atoms with Crippen LogP contribution < -0.4 is 0 Å². The predicted octanol–water partition coefficient (Wildman–Crippen LogP) is 3.85. The van der Waals surface area contributed by atoms with Crippen LogP contribution in [0.3, 0.4) is 0 Å². The Morgan fingerprint density at radius 2 is 1.45 bits per heavy atom. The SMILES string of the molecule is CCC1(F)CCCCCCC1. The smallest absolute Gasteiger partial charge is 0.110 e. The van der Waals surface area contributed by atoms with Crippen LogP contribution in [0.25, 0.3) is 0 Å². The van der Waals surface area contributed by atoms with E-state index in [1.807, 2.05) is 6.92 Å². The van der Waals surface area contributed by atoms with Gasteiger partial charge in [0, 0.05) is 0 Å². The molecule has 1 fully saturated rings. The van der Waals surface area contributed by atoms with Gasteiger partial charge in [0.1, 0.15) is 5.67 Å². The Kier molecular flexibility index (Phi) is 3.35. The molecule has 0 heterocycles. The van der Waals surface area contributed by atoms with Crippen molar-refractivity contribution < 1.29 is 4.39 Å². The Hall–Kier alpha value is -0.0700. The Morgan fingerprint density at radius 1 is 1.00 bits per heavy atom. The molecular formula is C10H19F. The summed E-state index contributed by atoms with van der Waals surface area (Å²) in [6, 6.07) is 0. The third kappa shape index (κ3) is 2.80. The van der Waals surface area contributed by atoms with Crippen molar-refractivity contribution in [3.05, 3.63) is 0 Å². The first kappa shape index (κ1) is 9.02. The second-order valence-corrected chi connectivity index (χ2v) is 3.77. The van der Waals surface area contributed by atoms with Gasteiger partial charge in [-0.3, -0.25) is 0 Å². The zero-order valence-electron chi connectivity index (χ0n) is 7.53. The van der Waals surface area contributed by atoms with E-state index in [9.17, 15) is 4.39 Å². The van der Waals surface area contributed by atoms with Gasteiger partial charge in [-0.15, -0.1) is 0 Å². The van der Waals surface area contributed by atoms with E-state index in [4.69, 9.17) is 0 Å². The average Bonchev–Trinajstić information content (AvgIpc) is 1.98. The maximum atomic E-state index is 13.7. The average molecular weight is 158 g/mol. The lowest BCUT2D eigenvalue weighted by atomic mass is 9.87. The molecule has 0 nitrogen and oxygen atoms in total. The van der Waals surface area contributed by atoms with Gasteiger partial charge in [0.25, 0.3) is 0 Å². The molecule has 0 aromatic carbocycles. The highest BCUT2D eigenvalue weighted by Crippen LogP contribution is 2.32. The van der Waals surface area contributed by atoms with Crippen LogP contribution in [-0.4, -0.2) is 5.67 Å². The van der Waals surface area contributed by atoms with Crippen LogP contribution >= 0.6 is 0 Å². The second kappa shape index (κ2) is 4.08. The zero-order chi connectivity index (χ0) is 8.16. The van der Waals surface area contributed by atoms with Crippen molar-refractivity contribution in [3.8, 4) is 0 Å². The van der Waals surface area contributed by atoms with Crippen molar-refractivity contribution in [2.45, 2.75) is 64.0 Å². The number of halogens is 1. The molecule has 66 valence electrons. The van der Waals surface area contributed by atoms with Gasteiger partial charge in [-0.25, -0.2) is 4.39 Å². The summed E-state index contributed by atoms with van der Waals surface area (Å²) in [6.07, 6.45) is 8.34. The third-order valence-electron chi connectivity index (χ3n) is 2.88. The Labute approximate surface area is 69.2 Å². The maximum Gasteiger partial charge on any atom is 0.110 e. The highest BCUT2D eigenvalue weighted by Gasteiger charge is 2.26. The first-order chi connectivity index (χ1) is 5.27. The summed E-state index contributed by atoms with van der Waals surface area (Å²) >= 11 is 0. The van der Waals surface area contributed by atoms with Gasteiger partial charge in [-0.1, -0.05) is 39.0 Å². The standard InChI is InChI=1S/C10H19F/c1-2-10(11)8-6-4-3-5-7-9-10/h2-9H2,1H3. The molecule has 0 aliphatic heterocycles. The fourth-order valence-corrected chi connectivity index (χ4v) is 1.89. The van der Waals surface area contributed by atoms with Gasteiger partial charge in [0.05, 0.1) is 0 Å². The number of rotatable bonds is 1. The van der Waals surface area contributed by atoms with E-state index in [0.717, 1.165) is 25.7 Å². The fourth-order valence-electron chi connectivity index (χ4n) is 1.89. The Morgan fingerprint density at radius 3 is 1.91 bits per heavy atom. The summed E-state index contributed by atoms with van der Waals surface area (Å²) in [6.45, 7) is 1.97. The molecule has 1 saturated carbocycles. The van der Waals surface area contributed by atoms with Gasteiger partial charge in [0.2, 0.25) is 0 Å². The van der Waals surface area contributed by atoms with E-state index >= 15 is 0 Å². The van der Waals surface area contributed by atoms with Crippen molar-refractivity contribution in [1.82, 2.24) is 0 Å². The lowest BCUT2D eigenvalue weighted by molar-refractivity contribution is 0.116. The number of hydrogen-bond acceptors (Lipinski definition) is 0. The molecule has 0 radical (unpaired) electrons. The quantitative estimate of drug-likeness (QED) is 0.543. The lowest BCUT2D eigenvalue weighted by Crippen LogP contribution is -2.22. The first-order valence-electron chi connectivity index (χ1n) is 4.96. The molecule has 0 unspecified atom stereocenters. The predicted molar refractivity (Wildman–Crippen MR) is 46.4 cm³/mol. The van der Waals surface area contributed by atoms with E-state index < -0.39 is 5.67 Å². The summed E-state index contributed by atoms with van der Waals surface area (Å²) in [4.78, 5) is 0. The molecule has 1 aliphatic rings. The van der Waals surface area contributed by atoms with Crippen molar-refractivity contribution in [2.24, 2.45) is 0 Å². The van der Waals surface area contributed by atoms with Crippen LogP contribution in [0.1, 0.15) is 58.3 Å². The van der Waals surface area contributed by atoms with Gasteiger partial charge in [0.15, 0.2) is 0 Å². The van der Waals surface area contributed by atoms with Gasteiger partial charge >= 0.3 is 0 Å². The van der Waals surface area contributed by atoms with Crippen LogP contribution in [0.4, 0.5) is 4.39 Å². The molecule has 11 heavy (non-hydrogen) atoms. The lowest BCUT2D eigenvalue weighted by Gasteiger charge is -2.25. The Balaban J connectivity index is 2.37. The fraction of sp³-hybridized carbons (Fsp3) is 1.00. The number of alkyl halides is 1. The largest absolute Gasteiger partial charge is 0.244 e. The highest BCUT2D eigenvalue weighted by molar-refractivity contribution is 4.78. The Bertz CT molecular complexity index is 101. The normalized spacial score (nSPS) is 25.6. The molecule has 0 spiro atoms. The van der Waals surface area contributed by atoms with Crippen molar-refractivity contribution in [2.75, 3.05) is 0 Å². The van der Waals surface area contributed by atoms with Crippen LogP contribution in [0.5, 0.6) is 0 Å². The summed E-state index contributed by atoms with van der Waals surface area (Å²) in [7, 11) is 0. The molecule has 0 aromatic heterocycles. The molecule has 0 N–H and O–H groups in total. The van der Waals surface area contributed by atoms with Crippen LogP contribution in [-0.2, 0) is 0 Å². The third-order valence-corrected chi connectivity index (χ3v) is 2.88. The second-order valence-electron chi connectivity index (χ2n) is 3.77. The van der Waals surface area contributed by atoms with E-state index in [0.29, 0.717) is 6.42 Å². The van der Waals surface area contributed by atoms with E-state index in [1.165, 1.54) is 19.3 Å². The minimum absolute atomic E-state index is 0.715. The van der Waals surface area contributed by atoms with Crippen LogP contribution in [0.2, 0.25) is 0 Å². The summed E-state index contributed by atoms with van der Waals surface area (Å²) in [5, 5.41) is 0. The molecule has 0 bridgehead atoms. The molecule has 0 aromatic rings. The molecule has 1 heteroatoms. The molecular weight excluding hydrogens is 139 g/mol. The van der Waals surface area contributed by atoms with Gasteiger partial charge in [-0.2, -0.15) is 0 Å². The molecule has 1 aliphatic carbocycles. The zero-order valence-corrected chi connectivity index (χ0v) is 7.53. The minimum atomic E-state index is -0.805. The molecule has 0 saturated heterocycles. The van der Waals surface area contributed by atoms with Crippen molar-refractivity contribution in [3.63, 3.8) is 0 Å². The van der Waals surface area contributed by atoms with Gasteiger partial charge in [-0.05, 0) is 19.3 Å². The molecule has 0 amide bonds. The van der Waals surface area contributed by atoms with E-state index in [2.05, 4.69) is 0 Å². The topological polar surface area (TPSA) is 0 Å². The van der Waals surface area contributed by atoms with Crippen molar-refractivity contribution >= 4 is 0 Å². The maximum absolute atomic E-state index is 13.7. The van der Waals surface area contributed by atoms with Gasteiger partial charge < -0.3 is 0 Å². The van der Waals surface area contributed by atoms with E-state index in [-0.39, 0.29) is 0 Å². The summed E-state index contributed by atoms with van der Waals surface area (Å²) in [5.41, 5.74) is -0.805. The molecule has 0 atom stereocenters.